The largest absolute Gasteiger partial charge is 0.269 e. The second-order valence-electron chi connectivity index (χ2n) is 5.29. The summed E-state index contributed by atoms with van der Waals surface area (Å²) in [6.45, 7) is 5.65. The molecule has 0 aliphatic carbocycles. The van der Waals surface area contributed by atoms with E-state index in [1.54, 1.807) is 37.4 Å². The van der Waals surface area contributed by atoms with Crippen LogP contribution < -0.4 is 0 Å². The van der Waals surface area contributed by atoms with E-state index in [2.05, 4.69) is 4.98 Å². The number of pyridine rings is 1. The molecule has 0 amide bonds. The summed E-state index contributed by atoms with van der Waals surface area (Å²) in [5, 5.41) is 0.836. The number of aromatic nitrogens is 2. The van der Waals surface area contributed by atoms with Crippen molar-refractivity contribution >= 4 is 21.1 Å². The minimum absolute atomic E-state index is 0.274. The molecule has 0 fully saturated rings. The van der Waals surface area contributed by atoms with Crippen LogP contribution in [-0.4, -0.2) is 17.4 Å². The van der Waals surface area contributed by atoms with Crippen molar-refractivity contribution < 1.29 is 8.42 Å². The zero-order chi connectivity index (χ0) is 15.2. The Labute approximate surface area is 124 Å². The first kappa shape index (κ1) is 13.8. The third-order valence-corrected chi connectivity index (χ3v) is 5.28. The van der Waals surface area contributed by atoms with Gasteiger partial charge in [0.05, 0.1) is 4.90 Å². The first-order valence-electron chi connectivity index (χ1n) is 6.66. The molecule has 0 saturated heterocycles. The lowest BCUT2D eigenvalue weighted by Gasteiger charge is -2.09. The number of hydrogen-bond donors (Lipinski definition) is 0. The molecule has 0 N–H and O–H groups in total. The van der Waals surface area contributed by atoms with Gasteiger partial charge in [-0.25, -0.2) is 17.4 Å². The van der Waals surface area contributed by atoms with Crippen LogP contribution in [0.3, 0.4) is 0 Å². The zero-order valence-corrected chi connectivity index (χ0v) is 13.0. The summed E-state index contributed by atoms with van der Waals surface area (Å²) < 4.78 is 27.0. The van der Waals surface area contributed by atoms with Gasteiger partial charge < -0.3 is 0 Å². The monoisotopic (exact) mass is 300 g/mol. The number of aryl methyl sites for hydroxylation is 3. The van der Waals surface area contributed by atoms with Gasteiger partial charge in [0, 0.05) is 17.3 Å². The summed E-state index contributed by atoms with van der Waals surface area (Å²) in [7, 11) is -3.63. The van der Waals surface area contributed by atoms with E-state index in [0.717, 1.165) is 16.5 Å². The van der Waals surface area contributed by atoms with Gasteiger partial charge in [0.15, 0.2) is 5.65 Å². The Balaban J connectivity index is 2.28. The van der Waals surface area contributed by atoms with Gasteiger partial charge in [0.2, 0.25) is 0 Å². The van der Waals surface area contributed by atoms with Crippen molar-refractivity contribution in [2.75, 3.05) is 0 Å². The molecule has 108 valence electrons. The van der Waals surface area contributed by atoms with Crippen molar-refractivity contribution in [3.8, 4) is 0 Å². The third kappa shape index (κ3) is 2.23. The average molecular weight is 300 g/mol. The summed E-state index contributed by atoms with van der Waals surface area (Å²) in [6, 6.07) is 10.6. The molecule has 0 bridgehead atoms. The Morgan fingerprint density at radius 1 is 0.952 bits per heavy atom. The number of benzene rings is 1. The summed E-state index contributed by atoms with van der Waals surface area (Å²) in [4.78, 5) is 4.57. The molecule has 0 spiro atoms. The van der Waals surface area contributed by atoms with Crippen molar-refractivity contribution in [3.05, 3.63) is 59.4 Å². The van der Waals surface area contributed by atoms with Gasteiger partial charge in [-0.05, 0) is 50.6 Å². The molecule has 2 aromatic heterocycles. The molecule has 0 aliphatic heterocycles. The molecule has 3 rings (SSSR count). The zero-order valence-electron chi connectivity index (χ0n) is 12.2. The Kier molecular flexibility index (Phi) is 3.10. The lowest BCUT2D eigenvalue weighted by Crippen LogP contribution is -2.14. The fraction of sp³-hybridized carbons (Fsp3) is 0.188. The number of fused-ring (bicyclic) bond motifs is 1. The van der Waals surface area contributed by atoms with Crippen LogP contribution in [0.5, 0.6) is 0 Å². The van der Waals surface area contributed by atoms with Crippen LogP contribution in [0.15, 0.2) is 47.5 Å². The molecule has 5 heteroatoms. The summed E-state index contributed by atoms with van der Waals surface area (Å²) in [5.74, 6) is 0. The molecule has 2 heterocycles. The number of rotatable bonds is 2. The minimum atomic E-state index is -3.63. The third-order valence-electron chi connectivity index (χ3n) is 3.47. The van der Waals surface area contributed by atoms with E-state index in [4.69, 9.17) is 0 Å². The van der Waals surface area contributed by atoms with Gasteiger partial charge in [-0.3, -0.25) is 0 Å². The topological polar surface area (TPSA) is 52.0 Å². The molecule has 0 saturated carbocycles. The van der Waals surface area contributed by atoms with Crippen LogP contribution in [0, 0.1) is 20.8 Å². The predicted octanol–water partition coefficient (Wildman–Crippen LogP) is 3.20. The van der Waals surface area contributed by atoms with Crippen LogP contribution >= 0.6 is 0 Å². The van der Waals surface area contributed by atoms with E-state index < -0.39 is 10.0 Å². The normalized spacial score (nSPS) is 12.0. The quantitative estimate of drug-likeness (QED) is 0.730. The average Bonchev–Trinajstić information content (AvgIpc) is 2.74. The van der Waals surface area contributed by atoms with Gasteiger partial charge in [-0.1, -0.05) is 17.7 Å². The number of nitrogens with zero attached hydrogens (tertiary/aromatic N) is 2. The first-order valence-corrected chi connectivity index (χ1v) is 8.10. The lowest BCUT2D eigenvalue weighted by atomic mass is 10.2. The molecular formula is C16H16N2O2S. The van der Waals surface area contributed by atoms with E-state index >= 15 is 0 Å². The van der Waals surface area contributed by atoms with Gasteiger partial charge in [-0.15, -0.1) is 0 Å². The highest BCUT2D eigenvalue weighted by molar-refractivity contribution is 7.90. The number of hydrogen-bond acceptors (Lipinski definition) is 3. The SMILES string of the molecule is Cc1ccc(S(=O)(=O)n2c(C)cc3cc(C)cnc32)cc1. The summed E-state index contributed by atoms with van der Waals surface area (Å²) >= 11 is 0. The molecule has 4 nitrogen and oxygen atoms in total. The van der Waals surface area contributed by atoms with Crippen LogP contribution in [0.25, 0.3) is 11.0 Å². The lowest BCUT2D eigenvalue weighted by molar-refractivity contribution is 0.587. The Bertz CT molecular complexity index is 923. The first-order chi connectivity index (χ1) is 9.89. The molecule has 0 radical (unpaired) electrons. The summed E-state index contributed by atoms with van der Waals surface area (Å²) in [6.07, 6.45) is 1.68. The molecule has 0 atom stereocenters. The molecule has 0 aliphatic rings. The molecule has 1 aromatic carbocycles. The maximum Gasteiger partial charge on any atom is 0.269 e. The van der Waals surface area contributed by atoms with Gasteiger partial charge in [-0.2, -0.15) is 0 Å². The van der Waals surface area contributed by atoms with E-state index in [0.29, 0.717) is 11.3 Å². The van der Waals surface area contributed by atoms with Crippen molar-refractivity contribution in [1.29, 1.82) is 0 Å². The highest BCUT2D eigenvalue weighted by Gasteiger charge is 2.22. The second kappa shape index (κ2) is 4.70. The van der Waals surface area contributed by atoms with Crippen molar-refractivity contribution in [3.63, 3.8) is 0 Å². The van der Waals surface area contributed by atoms with Crippen LogP contribution in [0.1, 0.15) is 16.8 Å². The van der Waals surface area contributed by atoms with Crippen LogP contribution in [0.4, 0.5) is 0 Å². The predicted molar refractivity (Wildman–Crippen MR) is 83.0 cm³/mol. The van der Waals surface area contributed by atoms with Crippen LogP contribution in [0.2, 0.25) is 0 Å². The second-order valence-corrected chi connectivity index (χ2v) is 7.08. The fourth-order valence-electron chi connectivity index (χ4n) is 2.43. The molecule has 3 aromatic rings. The van der Waals surface area contributed by atoms with Gasteiger partial charge in [0.1, 0.15) is 0 Å². The Morgan fingerprint density at radius 3 is 2.29 bits per heavy atom. The fourth-order valence-corrected chi connectivity index (χ4v) is 3.93. The van der Waals surface area contributed by atoms with Gasteiger partial charge in [0.25, 0.3) is 10.0 Å². The van der Waals surface area contributed by atoms with E-state index in [9.17, 15) is 8.42 Å². The van der Waals surface area contributed by atoms with Crippen molar-refractivity contribution in [2.24, 2.45) is 0 Å². The van der Waals surface area contributed by atoms with Crippen LogP contribution in [-0.2, 0) is 10.0 Å². The van der Waals surface area contributed by atoms with Gasteiger partial charge >= 0.3 is 0 Å². The van der Waals surface area contributed by atoms with Crippen molar-refractivity contribution in [1.82, 2.24) is 8.96 Å². The summed E-state index contributed by atoms with van der Waals surface area (Å²) in [5.41, 5.74) is 3.16. The van der Waals surface area contributed by atoms with E-state index in [1.807, 2.05) is 26.0 Å². The standard InChI is InChI=1S/C16H16N2O2S/c1-11-4-6-15(7-5-11)21(19,20)18-13(3)9-14-8-12(2)10-17-16(14)18/h4-10H,1-3H3. The Hall–Kier alpha value is -2.14. The maximum atomic E-state index is 12.8. The molecule has 21 heavy (non-hydrogen) atoms. The highest BCUT2D eigenvalue weighted by Crippen LogP contribution is 2.24. The van der Waals surface area contributed by atoms with E-state index in [1.165, 1.54) is 3.97 Å². The molecule has 0 unspecified atom stereocenters. The Morgan fingerprint density at radius 2 is 1.62 bits per heavy atom. The highest BCUT2D eigenvalue weighted by atomic mass is 32.2. The molecular weight excluding hydrogens is 284 g/mol. The smallest absolute Gasteiger partial charge is 0.237 e. The maximum absolute atomic E-state index is 12.8. The van der Waals surface area contributed by atoms with Crippen molar-refractivity contribution in [2.45, 2.75) is 25.7 Å². The van der Waals surface area contributed by atoms with E-state index in [-0.39, 0.29) is 4.90 Å². The minimum Gasteiger partial charge on any atom is -0.237 e.